The van der Waals surface area contributed by atoms with Gasteiger partial charge in [0.15, 0.2) is 5.13 Å². The van der Waals surface area contributed by atoms with E-state index < -0.39 is 18.0 Å². The van der Waals surface area contributed by atoms with Gasteiger partial charge in [-0.25, -0.2) is 14.6 Å². The van der Waals surface area contributed by atoms with Crippen LogP contribution >= 0.6 is 11.3 Å². The van der Waals surface area contributed by atoms with Gasteiger partial charge in [-0.3, -0.25) is 15.1 Å². The van der Waals surface area contributed by atoms with E-state index in [1.165, 1.54) is 23.8 Å². The number of hydrogen-bond acceptors (Lipinski definition) is 7. The van der Waals surface area contributed by atoms with Crippen LogP contribution in [0.3, 0.4) is 0 Å². The highest BCUT2D eigenvalue weighted by atomic mass is 32.1. The lowest BCUT2D eigenvalue weighted by Crippen LogP contribution is -2.18. The zero-order valence-electron chi connectivity index (χ0n) is 18.1. The number of carboxylic acids is 1. The van der Waals surface area contributed by atoms with Gasteiger partial charge in [-0.05, 0) is 28.3 Å². The van der Waals surface area contributed by atoms with Gasteiger partial charge in [0.2, 0.25) is 0 Å². The molecule has 2 heterocycles. The minimum atomic E-state index is -1.16. The monoisotopic (exact) mass is 486 g/mol. The molecule has 0 unspecified atom stereocenters. The molecule has 2 aromatic heterocycles. The standard InChI is InChI=1S/C25H18N4O5S/c30-22(27-15-9-14(23(31)32)10-26-11-15)21-13-35-24(28-21)29-25(33)34-12-20-18-7-3-1-5-16(18)17-6-2-4-8-19(17)20/h1-11,13,20H,12H2,(H,27,30)(H,31,32)(H,28,29,33). The van der Waals surface area contributed by atoms with E-state index in [9.17, 15) is 14.4 Å². The Balaban J connectivity index is 1.20. The van der Waals surface area contributed by atoms with E-state index in [1.54, 1.807) is 0 Å². The maximum absolute atomic E-state index is 12.4. The number of nitrogens with one attached hydrogen (secondary N) is 2. The Morgan fingerprint density at radius 2 is 1.66 bits per heavy atom. The Labute approximate surface area is 203 Å². The van der Waals surface area contributed by atoms with Gasteiger partial charge in [0, 0.05) is 17.5 Å². The lowest BCUT2D eigenvalue weighted by Gasteiger charge is -2.14. The van der Waals surface area contributed by atoms with Crippen LogP contribution in [-0.2, 0) is 4.74 Å². The Kier molecular flexibility index (Phi) is 5.94. The van der Waals surface area contributed by atoms with Crippen LogP contribution < -0.4 is 10.6 Å². The van der Waals surface area contributed by atoms with Gasteiger partial charge in [-0.1, -0.05) is 48.5 Å². The molecule has 0 bridgehead atoms. The minimum Gasteiger partial charge on any atom is -0.478 e. The van der Waals surface area contributed by atoms with Crippen LogP contribution in [0.4, 0.5) is 15.6 Å². The lowest BCUT2D eigenvalue weighted by molar-refractivity contribution is 0.0696. The van der Waals surface area contributed by atoms with Gasteiger partial charge in [-0.2, -0.15) is 0 Å². The van der Waals surface area contributed by atoms with E-state index >= 15 is 0 Å². The van der Waals surface area contributed by atoms with Gasteiger partial charge in [0.1, 0.15) is 12.3 Å². The van der Waals surface area contributed by atoms with Crippen molar-refractivity contribution in [2.24, 2.45) is 0 Å². The molecule has 1 aliphatic rings. The number of fused-ring (bicyclic) bond motifs is 3. The smallest absolute Gasteiger partial charge is 0.413 e. The quantitative estimate of drug-likeness (QED) is 0.355. The summed E-state index contributed by atoms with van der Waals surface area (Å²) in [7, 11) is 0. The van der Waals surface area contributed by atoms with Crippen LogP contribution in [-0.4, -0.2) is 39.7 Å². The molecule has 3 N–H and O–H groups in total. The zero-order valence-corrected chi connectivity index (χ0v) is 18.9. The van der Waals surface area contributed by atoms with E-state index in [4.69, 9.17) is 9.84 Å². The molecule has 4 aromatic rings. The van der Waals surface area contributed by atoms with Crippen molar-refractivity contribution < 1.29 is 24.2 Å². The van der Waals surface area contributed by atoms with Gasteiger partial charge in [-0.15, -0.1) is 11.3 Å². The summed E-state index contributed by atoms with van der Waals surface area (Å²) in [5, 5.41) is 15.8. The van der Waals surface area contributed by atoms with Crippen molar-refractivity contribution in [2.75, 3.05) is 17.2 Å². The largest absolute Gasteiger partial charge is 0.478 e. The fourth-order valence-corrected chi connectivity index (χ4v) is 4.65. The Morgan fingerprint density at radius 1 is 0.971 bits per heavy atom. The van der Waals surface area contributed by atoms with Crippen LogP contribution in [0.25, 0.3) is 11.1 Å². The topological polar surface area (TPSA) is 131 Å². The average Bonchev–Trinajstić information content (AvgIpc) is 3.46. The summed E-state index contributed by atoms with van der Waals surface area (Å²) >= 11 is 1.07. The highest BCUT2D eigenvalue weighted by Crippen LogP contribution is 2.44. The summed E-state index contributed by atoms with van der Waals surface area (Å²) < 4.78 is 5.50. The minimum absolute atomic E-state index is 0.0568. The van der Waals surface area contributed by atoms with Crippen LogP contribution in [0, 0.1) is 0 Å². The number of amides is 2. The third-order valence-corrected chi connectivity index (χ3v) is 6.29. The molecule has 2 aromatic carbocycles. The van der Waals surface area contributed by atoms with Crippen LogP contribution in [0.2, 0.25) is 0 Å². The summed E-state index contributed by atoms with van der Waals surface area (Å²) in [6.07, 6.45) is 1.83. The molecule has 10 heteroatoms. The van der Waals surface area contributed by atoms with Crippen LogP contribution in [0.5, 0.6) is 0 Å². The number of thiazole rings is 1. The number of nitrogens with zero attached hydrogens (tertiary/aromatic N) is 2. The number of benzene rings is 2. The first-order valence-electron chi connectivity index (χ1n) is 10.6. The van der Waals surface area contributed by atoms with Gasteiger partial charge in [0.25, 0.3) is 5.91 Å². The second-order valence-corrected chi connectivity index (χ2v) is 8.57. The van der Waals surface area contributed by atoms with E-state index in [0.29, 0.717) is 0 Å². The van der Waals surface area contributed by atoms with Crippen molar-refractivity contribution in [1.82, 2.24) is 9.97 Å². The molecule has 0 radical (unpaired) electrons. The van der Waals surface area contributed by atoms with Gasteiger partial charge < -0.3 is 15.2 Å². The van der Waals surface area contributed by atoms with E-state index in [0.717, 1.165) is 33.6 Å². The Bertz CT molecular complexity index is 1410. The predicted octanol–water partition coefficient (Wildman–Crippen LogP) is 4.85. The molecule has 0 aliphatic heterocycles. The van der Waals surface area contributed by atoms with Crippen LogP contribution in [0.15, 0.2) is 72.4 Å². The number of aromatic carboxylic acids is 1. The molecule has 2 amide bonds. The van der Waals surface area contributed by atoms with Crippen molar-refractivity contribution >= 4 is 40.1 Å². The number of aromatic nitrogens is 2. The molecule has 9 nitrogen and oxygen atoms in total. The first kappa shape index (κ1) is 22.2. The molecule has 0 saturated carbocycles. The highest BCUT2D eigenvalue weighted by Gasteiger charge is 2.29. The zero-order chi connectivity index (χ0) is 24.4. The molecule has 0 atom stereocenters. The molecule has 0 fully saturated rings. The number of anilines is 2. The van der Waals surface area contributed by atoms with E-state index in [2.05, 4.69) is 32.7 Å². The van der Waals surface area contributed by atoms with Gasteiger partial charge >= 0.3 is 12.1 Å². The van der Waals surface area contributed by atoms with Crippen molar-refractivity contribution in [3.05, 3.63) is 94.8 Å². The predicted molar refractivity (Wildman–Crippen MR) is 130 cm³/mol. The number of carboxylic acid groups (broad SMARTS) is 1. The number of carbonyl (C=O) groups excluding carboxylic acids is 2. The number of pyridine rings is 1. The average molecular weight is 487 g/mol. The summed E-state index contributed by atoms with van der Waals surface area (Å²) in [5.41, 5.74) is 4.71. The number of rotatable bonds is 6. The molecule has 174 valence electrons. The van der Waals surface area contributed by atoms with Crippen molar-refractivity contribution in [3.63, 3.8) is 0 Å². The number of hydrogen-bond donors (Lipinski definition) is 3. The van der Waals surface area contributed by atoms with Gasteiger partial charge in [0.05, 0.1) is 17.4 Å². The Morgan fingerprint density at radius 3 is 2.34 bits per heavy atom. The molecule has 35 heavy (non-hydrogen) atoms. The van der Waals surface area contributed by atoms with Crippen molar-refractivity contribution in [1.29, 1.82) is 0 Å². The highest BCUT2D eigenvalue weighted by molar-refractivity contribution is 7.14. The first-order chi connectivity index (χ1) is 17.0. The summed E-state index contributed by atoms with van der Waals surface area (Å²) in [4.78, 5) is 43.8. The van der Waals surface area contributed by atoms with E-state index in [1.807, 2.05) is 36.4 Å². The Hall–Kier alpha value is -4.57. The molecule has 0 spiro atoms. The molecule has 1 aliphatic carbocycles. The second-order valence-electron chi connectivity index (χ2n) is 7.71. The van der Waals surface area contributed by atoms with E-state index in [-0.39, 0.29) is 34.6 Å². The normalized spacial score (nSPS) is 11.9. The SMILES string of the molecule is O=C(Nc1nc(C(=O)Nc2cncc(C(=O)O)c2)cs1)OCC1c2ccccc2-c2ccccc21. The molecular formula is C25H18N4O5S. The van der Waals surface area contributed by atoms with Crippen molar-refractivity contribution in [3.8, 4) is 11.1 Å². The summed E-state index contributed by atoms with van der Waals surface area (Å²) in [6, 6.07) is 17.4. The third-order valence-electron chi connectivity index (χ3n) is 5.53. The maximum atomic E-state index is 12.4. The second kappa shape index (κ2) is 9.35. The molecule has 0 saturated heterocycles. The summed E-state index contributed by atoms with van der Waals surface area (Å²) in [5.74, 6) is -1.79. The fraction of sp³-hybridized carbons (Fsp3) is 0.0800. The fourth-order valence-electron chi connectivity index (χ4n) is 3.98. The van der Waals surface area contributed by atoms with Crippen molar-refractivity contribution in [2.45, 2.75) is 5.92 Å². The third kappa shape index (κ3) is 4.59. The number of ether oxygens (including phenoxy) is 1. The molecule has 5 rings (SSSR count). The molecular weight excluding hydrogens is 468 g/mol. The first-order valence-corrected chi connectivity index (χ1v) is 11.4. The maximum Gasteiger partial charge on any atom is 0.413 e. The number of carbonyl (C=O) groups is 3. The summed E-state index contributed by atoms with van der Waals surface area (Å²) in [6.45, 7) is 0.158. The lowest BCUT2D eigenvalue weighted by atomic mass is 9.98. The van der Waals surface area contributed by atoms with Crippen LogP contribution in [0.1, 0.15) is 37.9 Å².